The quantitative estimate of drug-likeness (QED) is 0.153. The van der Waals surface area contributed by atoms with E-state index in [1.165, 1.54) is 30.3 Å². The molecule has 1 saturated heterocycles. The number of methoxy groups -OCH3 is 1. The standard InChI is InChI=1S/C22H13Cl2N3O5S2/c1-31-18-9-12(4-7-17(18)32-20-16(27(29)30)3-2-8-25-20)10-19-21(28)26(22(33)34-19)13-5-6-14(23)15(24)11-13/h2-11H,1H3/b19-10+. The van der Waals surface area contributed by atoms with Crippen LogP contribution in [0.3, 0.4) is 0 Å². The smallest absolute Gasteiger partial charge is 0.331 e. The zero-order valence-electron chi connectivity index (χ0n) is 17.2. The van der Waals surface area contributed by atoms with Gasteiger partial charge in [0.05, 0.1) is 32.7 Å². The van der Waals surface area contributed by atoms with Gasteiger partial charge < -0.3 is 9.47 Å². The number of nitrogens with zero attached hydrogens (tertiary/aromatic N) is 3. The third-order valence-electron chi connectivity index (χ3n) is 4.59. The van der Waals surface area contributed by atoms with Gasteiger partial charge in [0.25, 0.3) is 11.8 Å². The number of pyridine rings is 1. The van der Waals surface area contributed by atoms with Crippen molar-refractivity contribution in [3.8, 4) is 17.4 Å². The Morgan fingerprint density at radius 1 is 1.15 bits per heavy atom. The van der Waals surface area contributed by atoms with E-state index < -0.39 is 4.92 Å². The van der Waals surface area contributed by atoms with E-state index in [0.29, 0.717) is 36.3 Å². The van der Waals surface area contributed by atoms with Crippen LogP contribution in [0.4, 0.5) is 11.4 Å². The number of ether oxygens (including phenoxy) is 2. The van der Waals surface area contributed by atoms with Crippen molar-refractivity contribution >= 4 is 74.9 Å². The monoisotopic (exact) mass is 533 g/mol. The second kappa shape index (κ2) is 9.98. The highest BCUT2D eigenvalue weighted by Gasteiger charge is 2.33. The molecule has 0 radical (unpaired) electrons. The van der Waals surface area contributed by atoms with Crippen LogP contribution in [0.15, 0.2) is 59.6 Å². The Morgan fingerprint density at radius 3 is 2.65 bits per heavy atom. The molecule has 0 spiro atoms. The number of halogens is 2. The Morgan fingerprint density at radius 2 is 1.94 bits per heavy atom. The summed E-state index contributed by atoms with van der Waals surface area (Å²) < 4.78 is 11.4. The highest BCUT2D eigenvalue weighted by atomic mass is 35.5. The fourth-order valence-electron chi connectivity index (χ4n) is 3.03. The summed E-state index contributed by atoms with van der Waals surface area (Å²) in [6.07, 6.45) is 3.05. The molecule has 1 aliphatic rings. The number of carbonyl (C=O) groups excluding carboxylic acids is 1. The predicted molar refractivity (Wildman–Crippen MR) is 136 cm³/mol. The fraction of sp³-hybridized carbons (Fsp3) is 0.0455. The van der Waals surface area contributed by atoms with Crippen LogP contribution in [0, 0.1) is 10.1 Å². The van der Waals surface area contributed by atoms with Crippen LogP contribution in [-0.4, -0.2) is 27.2 Å². The summed E-state index contributed by atoms with van der Waals surface area (Å²) in [5.74, 6) is 0.0521. The summed E-state index contributed by atoms with van der Waals surface area (Å²) in [6.45, 7) is 0. The molecule has 0 N–H and O–H groups in total. The summed E-state index contributed by atoms with van der Waals surface area (Å²) in [4.78, 5) is 29.4. The number of benzene rings is 2. The van der Waals surface area contributed by atoms with Gasteiger partial charge in [-0.3, -0.25) is 19.8 Å². The van der Waals surface area contributed by atoms with Gasteiger partial charge in [0, 0.05) is 12.3 Å². The van der Waals surface area contributed by atoms with E-state index in [0.717, 1.165) is 11.8 Å². The molecule has 0 aliphatic carbocycles. The third kappa shape index (κ3) is 4.85. The van der Waals surface area contributed by atoms with E-state index in [1.54, 1.807) is 42.5 Å². The number of thioether (sulfide) groups is 1. The van der Waals surface area contributed by atoms with Gasteiger partial charge in [0.2, 0.25) is 0 Å². The van der Waals surface area contributed by atoms with E-state index in [4.69, 9.17) is 44.9 Å². The predicted octanol–water partition coefficient (Wildman–Crippen LogP) is 6.50. The van der Waals surface area contributed by atoms with Gasteiger partial charge in [-0.2, -0.15) is 0 Å². The summed E-state index contributed by atoms with van der Waals surface area (Å²) in [5.41, 5.74) is 0.868. The molecule has 172 valence electrons. The van der Waals surface area contributed by atoms with Crippen LogP contribution in [0.25, 0.3) is 6.08 Å². The van der Waals surface area contributed by atoms with Gasteiger partial charge in [0.15, 0.2) is 15.8 Å². The van der Waals surface area contributed by atoms with Crippen LogP contribution >= 0.6 is 47.2 Å². The largest absolute Gasteiger partial charge is 0.493 e. The summed E-state index contributed by atoms with van der Waals surface area (Å²) in [7, 11) is 1.43. The van der Waals surface area contributed by atoms with Crippen molar-refractivity contribution < 1.29 is 19.2 Å². The molecule has 2 aromatic carbocycles. The van der Waals surface area contributed by atoms with Gasteiger partial charge in [0.1, 0.15) is 0 Å². The summed E-state index contributed by atoms with van der Waals surface area (Å²) in [5, 5.41) is 11.9. The van der Waals surface area contributed by atoms with Gasteiger partial charge in [-0.25, -0.2) is 4.98 Å². The van der Waals surface area contributed by atoms with Crippen molar-refractivity contribution in [1.82, 2.24) is 4.98 Å². The van der Waals surface area contributed by atoms with Gasteiger partial charge in [-0.1, -0.05) is 53.2 Å². The number of hydrogen-bond acceptors (Lipinski definition) is 8. The number of carbonyl (C=O) groups is 1. The first-order valence-corrected chi connectivity index (χ1v) is 11.4. The van der Waals surface area contributed by atoms with Crippen LogP contribution < -0.4 is 14.4 Å². The van der Waals surface area contributed by atoms with Crippen molar-refractivity contribution in [2.24, 2.45) is 0 Å². The number of aromatic nitrogens is 1. The lowest BCUT2D eigenvalue weighted by atomic mass is 10.1. The molecule has 3 aromatic rings. The van der Waals surface area contributed by atoms with Crippen molar-refractivity contribution in [3.63, 3.8) is 0 Å². The van der Waals surface area contributed by atoms with Crippen LogP contribution in [0.1, 0.15) is 5.56 Å². The van der Waals surface area contributed by atoms with E-state index in [2.05, 4.69) is 4.98 Å². The minimum absolute atomic E-state index is 0.166. The molecule has 1 aliphatic heterocycles. The number of nitro groups is 1. The normalized spacial score (nSPS) is 14.6. The number of amides is 1. The van der Waals surface area contributed by atoms with Gasteiger partial charge >= 0.3 is 5.69 Å². The minimum atomic E-state index is -0.584. The Balaban J connectivity index is 1.61. The SMILES string of the molecule is COc1cc(/C=C2/SC(=S)N(c3ccc(Cl)c(Cl)c3)C2=O)ccc1Oc1ncccc1[N+](=O)[O-]. The Kier molecular flexibility index (Phi) is 7.03. The molecular weight excluding hydrogens is 521 g/mol. The lowest BCUT2D eigenvalue weighted by Gasteiger charge is -2.15. The van der Waals surface area contributed by atoms with Crippen LogP contribution in [0.5, 0.6) is 17.4 Å². The molecule has 2 heterocycles. The minimum Gasteiger partial charge on any atom is -0.493 e. The number of thiocarbonyl (C=S) groups is 1. The van der Waals surface area contributed by atoms with E-state index in [-0.39, 0.29) is 23.2 Å². The zero-order chi connectivity index (χ0) is 24.4. The number of anilines is 1. The molecule has 0 saturated carbocycles. The third-order valence-corrected chi connectivity index (χ3v) is 6.64. The topological polar surface area (TPSA) is 94.8 Å². The Labute approximate surface area is 213 Å². The molecule has 12 heteroatoms. The lowest BCUT2D eigenvalue weighted by molar-refractivity contribution is -0.386. The molecular formula is C22H13Cl2N3O5S2. The zero-order valence-corrected chi connectivity index (χ0v) is 20.4. The van der Waals surface area contributed by atoms with Gasteiger partial charge in [-0.15, -0.1) is 0 Å². The first kappa shape index (κ1) is 24.0. The van der Waals surface area contributed by atoms with Crippen LogP contribution in [0.2, 0.25) is 10.0 Å². The number of hydrogen-bond donors (Lipinski definition) is 0. The van der Waals surface area contributed by atoms with Gasteiger partial charge in [-0.05, 0) is 48.0 Å². The highest BCUT2D eigenvalue weighted by molar-refractivity contribution is 8.27. The van der Waals surface area contributed by atoms with Crippen molar-refractivity contribution in [2.45, 2.75) is 0 Å². The first-order valence-electron chi connectivity index (χ1n) is 9.47. The molecule has 0 unspecified atom stereocenters. The van der Waals surface area contributed by atoms with E-state index in [1.807, 2.05) is 0 Å². The average Bonchev–Trinajstić information content (AvgIpc) is 3.09. The second-order valence-corrected chi connectivity index (χ2v) is 9.20. The average molecular weight is 534 g/mol. The molecule has 8 nitrogen and oxygen atoms in total. The lowest BCUT2D eigenvalue weighted by Crippen LogP contribution is -2.27. The maximum atomic E-state index is 13.0. The molecule has 1 amide bonds. The first-order chi connectivity index (χ1) is 16.3. The van der Waals surface area contributed by atoms with Crippen molar-refractivity contribution in [2.75, 3.05) is 12.0 Å². The summed E-state index contributed by atoms with van der Waals surface area (Å²) >= 11 is 18.6. The van der Waals surface area contributed by atoms with Crippen LogP contribution in [-0.2, 0) is 4.79 Å². The summed E-state index contributed by atoms with van der Waals surface area (Å²) in [6, 6.07) is 12.4. The maximum Gasteiger partial charge on any atom is 0.331 e. The molecule has 1 fully saturated rings. The highest BCUT2D eigenvalue weighted by Crippen LogP contribution is 2.39. The van der Waals surface area contributed by atoms with E-state index >= 15 is 0 Å². The molecule has 0 bridgehead atoms. The number of rotatable bonds is 6. The van der Waals surface area contributed by atoms with E-state index in [9.17, 15) is 14.9 Å². The molecule has 4 rings (SSSR count). The molecule has 34 heavy (non-hydrogen) atoms. The van der Waals surface area contributed by atoms with Crippen molar-refractivity contribution in [3.05, 3.63) is 85.4 Å². The molecule has 0 atom stereocenters. The fourth-order valence-corrected chi connectivity index (χ4v) is 4.62. The maximum absolute atomic E-state index is 13.0. The Bertz CT molecular complexity index is 1370. The molecule has 1 aromatic heterocycles. The van der Waals surface area contributed by atoms with Crippen molar-refractivity contribution in [1.29, 1.82) is 0 Å². The Hall–Kier alpha value is -3.18. The second-order valence-electron chi connectivity index (χ2n) is 6.71.